The van der Waals surface area contributed by atoms with Crippen molar-refractivity contribution in [2.75, 3.05) is 33.3 Å². The Kier molecular flexibility index (Phi) is 9.47. The molecule has 0 amide bonds. The molecule has 5 nitrogen and oxygen atoms in total. The zero-order valence-corrected chi connectivity index (χ0v) is 16.7. The molecule has 0 bridgehead atoms. The Balaban J connectivity index is 0.00000264. The predicted molar refractivity (Wildman–Crippen MR) is 106 cm³/mol. The van der Waals surface area contributed by atoms with Crippen LogP contribution in [0.2, 0.25) is 0 Å². The number of piperidine rings is 1. The Hall–Kier alpha value is -0.890. The van der Waals surface area contributed by atoms with Crippen LogP contribution < -0.4 is 5.32 Å². The third kappa shape index (κ3) is 6.63. The van der Waals surface area contributed by atoms with Crippen molar-refractivity contribution in [2.24, 2.45) is 4.99 Å². The quantitative estimate of drug-likeness (QED) is 0.442. The van der Waals surface area contributed by atoms with Gasteiger partial charge in [-0.05, 0) is 44.7 Å². The number of guanidine groups is 1. The maximum atomic E-state index is 5.70. The van der Waals surface area contributed by atoms with Crippen LogP contribution in [0, 0.1) is 6.92 Å². The predicted octanol–water partition coefficient (Wildman–Crippen LogP) is 2.63. The third-order valence-corrected chi connectivity index (χ3v) is 4.03. The molecule has 1 aromatic rings. The fourth-order valence-corrected chi connectivity index (χ4v) is 2.77. The van der Waals surface area contributed by atoms with E-state index in [0.717, 1.165) is 57.2 Å². The molecule has 1 fully saturated rings. The summed E-state index contributed by atoms with van der Waals surface area (Å²) in [6, 6.07) is 4.20. The van der Waals surface area contributed by atoms with Crippen molar-refractivity contribution in [3.05, 3.63) is 29.6 Å². The number of aromatic nitrogens is 1. The van der Waals surface area contributed by atoms with Gasteiger partial charge in [-0.2, -0.15) is 0 Å². The number of halogens is 1. The van der Waals surface area contributed by atoms with Crippen LogP contribution >= 0.6 is 24.0 Å². The molecular weight excluding hydrogens is 403 g/mol. The Bertz CT molecular complexity index is 470. The molecule has 23 heavy (non-hydrogen) atoms. The lowest BCUT2D eigenvalue weighted by Gasteiger charge is -2.34. The molecule has 1 aliphatic heterocycles. The largest absolute Gasteiger partial charge is 0.378 e. The topological polar surface area (TPSA) is 49.8 Å². The summed E-state index contributed by atoms with van der Waals surface area (Å²) in [5.41, 5.74) is 2.31. The highest BCUT2D eigenvalue weighted by Crippen LogP contribution is 2.13. The number of hydrogen-bond acceptors (Lipinski definition) is 3. The normalized spacial score (nSPS) is 16.1. The van der Waals surface area contributed by atoms with Crippen LogP contribution in [0.4, 0.5) is 0 Å². The number of rotatable bonds is 5. The Labute approximate surface area is 156 Å². The van der Waals surface area contributed by atoms with Gasteiger partial charge in [-0.15, -0.1) is 24.0 Å². The first-order chi connectivity index (χ1) is 10.7. The number of nitrogens with zero attached hydrogens (tertiary/aromatic N) is 3. The van der Waals surface area contributed by atoms with Gasteiger partial charge in [0.25, 0.3) is 0 Å². The summed E-state index contributed by atoms with van der Waals surface area (Å²) in [4.78, 5) is 11.1. The van der Waals surface area contributed by atoms with Crippen LogP contribution in [0.3, 0.4) is 0 Å². The van der Waals surface area contributed by atoms with E-state index in [0.29, 0.717) is 6.10 Å². The zero-order chi connectivity index (χ0) is 15.8. The van der Waals surface area contributed by atoms with Crippen LogP contribution in [-0.4, -0.2) is 55.2 Å². The van der Waals surface area contributed by atoms with Gasteiger partial charge in [-0.1, -0.05) is 6.07 Å². The van der Waals surface area contributed by atoms with E-state index in [1.54, 1.807) is 0 Å². The SMILES string of the molecule is CCOC1CCN(C(=NC)NCCc2ccc(C)nc2)CC1.I. The summed E-state index contributed by atoms with van der Waals surface area (Å²) < 4.78 is 5.70. The Morgan fingerprint density at radius 2 is 2.13 bits per heavy atom. The molecular formula is C17H29IN4O. The van der Waals surface area contributed by atoms with Crippen LogP contribution in [0.1, 0.15) is 31.0 Å². The number of aryl methyl sites for hydroxylation is 1. The fourth-order valence-electron chi connectivity index (χ4n) is 2.77. The first kappa shape index (κ1) is 20.2. The molecule has 6 heteroatoms. The minimum absolute atomic E-state index is 0. The van der Waals surface area contributed by atoms with Crippen molar-refractivity contribution >= 4 is 29.9 Å². The number of likely N-dealkylation sites (tertiary alicyclic amines) is 1. The van der Waals surface area contributed by atoms with Gasteiger partial charge in [0.15, 0.2) is 5.96 Å². The van der Waals surface area contributed by atoms with E-state index < -0.39 is 0 Å². The number of ether oxygens (including phenoxy) is 1. The highest BCUT2D eigenvalue weighted by Gasteiger charge is 2.21. The van der Waals surface area contributed by atoms with Crippen molar-refractivity contribution in [1.82, 2.24) is 15.2 Å². The molecule has 1 saturated heterocycles. The molecule has 0 unspecified atom stereocenters. The first-order valence-electron chi connectivity index (χ1n) is 8.21. The molecule has 0 radical (unpaired) electrons. The minimum Gasteiger partial charge on any atom is -0.378 e. The van der Waals surface area contributed by atoms with Gasteiger partial charge < -0.3 is 15.0 Å². The highest BCUT2D eigenvalue weighted by atomic mass is 127. The van der Waals surface area contributed by atoms with Gasteiger partial charge in [0.2, 0.25) is 0 Å². The molecule has 0 saturated carbocycles. The van der Waals surface area contributed by atoms with Gasteiger partial charge in [0.05, 0.1) is 6.10 Å². The number of hydrogen-bond donors (Lipinski definition) is 1. The number of nitrogens with one attached hydrogen (secondary N) is 1. The van der Waals surface area contributed by atoms with Crippen molar-refractivity contribution < 1.29 is 4.74 Å². The van der Waals surface area contributed by atoms with Crippen LogP contribution in [0.5, 0.6) is 0 Å². The van der Waals surface area contributed by atoms with Crippen LogP contribution in [0.25, 0.3) is 0 Å². The van der Waals surface area contributed by atoms with E-state index in [9.17, 15) is 0 Å². The van der Waals surface area contributed by atoms with Gasteiger partial charge in [-0.25, -0.2) is 0 Å². The molecule has 130 valence electrons. The van der Waals surface area contributed by atoms with Gasteiger partial charge in [0, 0.05) is 45.2 Å². The number of aliphatic imine (C=N–C) groups is 1. The lowest BCUT2D eigenvalue weighted by atomic mass is 10.1. The van der Waals surface area contributed by atoms with Crippen LogP contribution in [0.15, 0.2) is 23.3 Å². The second kappa shape index (κ2) is 10.8. The molecule has 1 aliphatic rings. The third-order valence-electron chi connectivity index (χ3n) is 4.03. The van der Waals surface area contributed by atoms with Gasteiger partial charge >= 0.3 is 0 Å². The summed E-state index contributed by atoms with van der Waals surface area (Å²) in [6.07, 6.45) is 5.49. The monoisotopic (exact) mass is 432 g/mol. The van der Waals surface area contributed by atoms with E-state index in [4.69, 9.17) is 4.74 Å². The Morgan fingerprint density at radius 3 is 2.70 bits per heavy atom. The Morgan fingerprint density at radius 1 is 1.39 bits per heavy atom. The van der Waals surface area contributed by atoms with E-state index >= 15 is 0 Å². The summed E-state index contributed by atoms with van der Waals surface area (Å²) in [5.74, 6) is 0.995. The van der Waals surface area contributed by atoms with E-state index in [2.05, 4.69) is 39.2 Å². The lowest BCUT2D eigenvalue weighted by molar-refractivity contribution is 0.0264. The minimum atomic E-state index is 0. The van der Waals surface area contributed by atoms with Crippen molar-refractivity contribution in [2.45, 2.75) is 39.2 Å². The summed E-state index contributed by atoms with van der Waals surface area (Å²) in [7, 11) is 1.85. The summed E-state index contributed by atoms with van der Waals surface area (Å²) >= 11 is 0. The molecule has 0 aliphatic carbocycles. The van der Waals surface area contributed by atoms with E-state index in [1.165, 1.54) is 5.56 Å². The van der Waals surface area contributed by atoms with Crippen molar-refractivity contribution in [1.29, 1.82) is 0 Å². The molecule has 2 heterocycles. The average Bonchev–Trinajstić information content (AvgIpc) is 2.55. The van der Waals surface area contributed by atoms with E-state index in [1.807, 2.05) is 20.2 Å². The maximum Gasteiger partial charge on any atom is 0.193 e. The fraction of sp³-hybridized carbons (Fsp3) is 0.647. The molecule has 2 rings (SSSR count). The molecule has 1 N–H and O–H groups in total. The van der Waals surface area contributed by atoms with Crippen LogP contribution in [-0.2, 0) is 11.2 Å². The molecule has 1 aromatic heterocycles. The maximum absolute atomic E-state index is 5.70. The lowest BCUT2D eigenvalue weighted by Crippen LogP contribution is -2.47. The van der Waals surface area contributed by atoms with E-state index in [-0.39, 0.29) is 24.0 Å². The average molecular weight is 432 g/mol. The van der Waals surface area contributed by atoms with Crippen molar-refractivity contribution in [3.63, 3.8) is 0 Å². The molecule has 0 aromatic carbocycles. The van der Waals surface area contributed by atoms with Gasteiger partial charge in [0.1, 0.15) is 0 Å². The molecule has 0 spiro atoms. The first-order valence-corrected chi connectivity index (χ1v) is 8.21. The summed E-state index contributed by atoms with van der Waals surface area (Å²) in [6.45, 7) is 7.78. The van der Waals surface area contributed by atoms with Gasteiger partial charge in [-0.3, -0.25) is 9.98 Å². The van der Waals surface area contributed by atoms with Crippen molar-refractivity contribution in [3.8, 4) is 0 Å². The zero-order valence-electron chi connectivity index (χ0n) is 14.4. The number of pyridine rings is 1. The summed E-state index contributed by atoms with van der Waals surface area (Å²) in [5, 5.41) is 3.46. The second-order valence-electron chi connectivity index (χ2n) is 5.67. The second-order valence-corrected chi connectivity index (χ2v) is 5.67. The smallest absolute Gasteiger partial charge is 0.193 e. The standard InChI is InChI=1S/C17H28N4O.HI/c1-4-22-16-8-11-21(12-9-16)17(18-3)19-10-7-15-6-5-14(2)20-13-15;/h5-6,13,16H,4,7-12H2,1-3H3,(H,18,19);1H. The highest BCUT2D eigenvalue weighted by molar-refractivity contribution is 14.0. The molecule has 0 atom stereocenters.